The minimum absolute atomic E-state index is 0.142. The van der Waals surface area contributed by atoms with Gasteiger partial charge in [0.25, 0.3) is 11.8 Å². The summed E-state index contributed by atoms with van der Waals surface area (Å²) in [6.45, 7) is 2.93. The van der Waals surface area contributed by atoms with Crippen molar-refractivity contribution in [2.24, 2.45) is 0 Å². The second-order valence-corrected chi connectivity index (χ2v) is 6.92. The van der Waals surface area contributed by atoms with Gasteiger partial charge >= 0.3 is 5.97 Å². The van der Waals surface area contributed by atoms with E-state index in [0.29, 0.717) is 16.9 Å². The Balaban J connectivity index is 1.52. The molecular weight excluding hydrogens is 434 g/mol. The van der Waals surface area contributed by atoms with Crippen LogP contribution in [-0.4, -0.2) is 34.2 Å². The van der Waals surface area contributed by atoms with Gasteiger partial charge in [0, 0.05) is 22.9 Å². The van der Waals surface area contributed by atoms with E-state index in [0.717, 1.165) is 23.9 Å². The lowest BCUT2D eigenvalue weighted by Crippen LogP contribution is -2.43. The lowest BCUT2D eigenvalue weighted by Gasteiger charge is -2.07. The molecule has 0 aliphatic carbocycles. The number of hydrazine groups is 1. The second-order valence-electron chi connectivity index (χ2n) is 6.92. The fourth-order valence-electron chi connectivity index (χ4n) is 2.90. The number of benzene rings is 2. The Morgan fingerprint density at radius 2 is 1.58 bits per heavy atom. The van der Waals surface area contributed by atoms with Crippen molar-refractivity contribution in [3.05, 3.63) is 88.8 Å². The van der Waals surface area contributed by atoms with E-state index in [4.69, 9.17) is 4.74 Å². The summed E-state index contributed by atoms with van der Waals surface area (Å²) in [6, 6.07) is 10.6. The maximum absolute atomic E-state index is 13.2. The first-order valence-electron chi connectivity index (χ1n) is 9.76. The van der Waals surface area contributed by atoms with Crippen LogP contribution in [-0.2, 0) is 14.3 Å². The largest absolute Gasteiger partial charge is 0.452 e. The van der Waals surface area contributed by atoms with Crippen molar-refractivity contribution in [1.82, 2.24) is 20.6 Å². The second kappa shape index (κ2) is 10.3. The third-order valence-electron chi connectivity index (χ3n) is 4.57. The van der Waals surface area contributed by atoms with Gasteiger partial charge in [0.2, 0.25) is 0 Å². The van der Waals surface area contributed by atoms with Gasteiger partial charge in [0.1, 0.15) is 11.6 Å². The van der Waals surface area contributed by atoms with Gasteiger partial charge in [0.15, 0.2) is 6.61 Å². The summed E-state index contributed by atoms with van der Waals surface area (Å²) >= 11 is 0. The highest BCUT2D eigenvalue weighted by Crippen LogP contribution is 2.19. The molecule has 0 spiro atoms. The predicted molar refractivity (Wildman–Crippen MR) is 115 cm³/mol. The number of aromatic nitrogens is 2. The first kappa shape index (κ1) is 23.3. The molecule has 1 heterocycles. The maximum Gasteiger partial charge on any atom is 0.331 e. The van der Waals surface area contributed by atoms with Gasteiger partial charge < -0.3 is 4.74 Å². The van der Waals surface area contributed by atoms with E-state index < -0.39 is 30.2 Å². The number of carbonyl (C=O) groups excluding carboxylic acids is 3. The van der Waals surface area contributed by atoms with Crippen molar-refractivity contribution < 1.29 is 27.9 Å². The zero-order valence-corrected chi connectivity index (χ0v) is 17.8. The van der Waals surface area contributed by atoms with Crippen LogP contribution in [0.15, 0.2) is 54.6 Å². The SMILES string of the molecule is Cc1nn(-c2ccc(F)cc2)c(C)c1/C=C/C(=O)OCC(=O)NNC(=O)c1ccc(F)cc1. The highest BCUT2D eigenvalue weighted by Gasteiger charge is 2.12. The topological polar surface area (TPSA) is 102 Å². The summed E-state index contributed by atoms with van der Waals surface area (Å²) in [6.07, 6.45) is 2.66. The number of nitrogens with zero attached hydrogens (tertiary/aromatic N) is 2. The molecule has 0 atom stereocenters. The van der Waals surface area contributed by atoms with Crippen LogP contribution in [0.4, 0.5) is 8.78 Å². The molecule has 2 aromatic carbocycles. The van der Waals surface area contributed by atoms with Crippen molar-refractivity contribution in [3.63, 3.8) is 0 Å². The van der Waals surface area contributed by atoms with Gasteiger partial charge in [-0.3, -0.25) is 20.4 Å². The number of carbonyl (C=O) groups is 3. The first-order valence-corrected chi connectivity index (χ1v) is 9.76. The van der Waals surface area contributed by atoms with Crippen LogP contribution in [0, 0.1) is 25.5 Å². The molecule has 0 fully saturated rings. The molecule has 8 nitrogen and oxygen atoms in total. The Hall–Kier alpha value is -4.34. The van der Waals surface area contributed by atoms with Crippen molar-refractivity contribution in [2.75, 3.05) is 6.61 Å². The third kappa shape index (κ3) is 6.10. The highest BCUT2D eigenvalue weighted by molar-refractivity contribution is 5.95. The van der Waals surface area contributed by atoms with Gasteiger partial charge in [0.05, 0.1) is 11.4 Å². The number of halogens is 2. The Kier molecular flexibility index (Phi) is 7.29. The van der Waals surface area contributed by atoms with Crippen LogP contribution in [0.1, 0.15) is 27.3 Å². The quantitative estimate of drug-likeness (QED) is 0.339. The summed E-state index contributed by atoms with van der Waals surface area (Å²) in [5.74, 6) is -3.04. The zero-order chi connectivity index (χ0) is 24.0. The van der Waals surface area contributed by atoms with Crippen LogP contribution < -0.4 is 10.9 Å². The Labute approximate surface area is 187 Å². The average Bonchev–Trinajstić information content (AvgIpc) is 3.08. The minimum atomic E-state index is -0.775. The molecule has 10 heteroatoms. The van der Waals surface area contributed by atoms with Gasteiger partial charge in [-0.1, -0.05) is 0 Å². The number of rotatable bonds is 6. The van der Waals surface area contributed by atoms with Gasteiger partial charge in [-0.2, -0.15) is 5.10 Å². The van der Waals surface area contributed by atoms with Crippen molar-refractivity contribution >= 4 is 23.9 Å². The molecule has 0 saturated carbocycles. The molecule has 0 aliphatic heterocycles. The van der Waals surface area contributed by atoms with E-state index in [1.807, 2.05) is 0 Å². The van der Waals surface area contributed by atoms with E-state index in [2.05, 4.69) is 16.0 Å². The summed E-state index contributed by atoms with van der Waals surface area (Å²) < 4.78 is 32.5. The van der Waals surface area contributed by atoms with E-state index in [-0.39, 0.29) is 11.4 Å². The standard InChI is InChI=1S/C23H20F2N4O4/c1-14-20(15(2)29(28-14)19-9-7-18(25)8-10-19)11-12-22(31)33-13-21(30)26-27-23(32)16-3-5-17(24)6-4-16/h3-12H,13H2,1-2H3,(H,26,30)(H,27,32)/b12-11+. The minimum Gasteiger partial charge on any atom is -0.452 e. The lowest BCUT2D eigenvalue weighted by molar-refractivity contribution is -0.144. The number of ether oxygens (including phenoxy) is 1. The smallest absolute Gasteiger partial charge is 0.331 e. The van der Waals surface area contributed by atoms with Crippen LogP contribution >= 0.6 is 0 Å². The van der Waals surface area contributed by atoms with Crippen LogP contribution in [0.5, 0.6) is 0 Å². The number of amides is 2. The van der Waals surface area contributed by atoms with Crippen LogP contribution in [0.25, 0.3) is 11.8 Å². The Morgan fingerprint density at radius 1 is 0.970 bits per heavy atom. The third-order valence-corrected chi connectivity index (χ3v) is 4.57. The molecule has 0 aliphatic rings. The molecule has 3 rings (SSSR count). The molecule has 1 aromatic heterocycles. The van der Waals surface area contributed by atoms with Crippen LogP contribution in [0.3, 0.4) is 0 Å². The molecule has 0 bridgehead atoms. The van der Waals surface area contributed by atoms with Crippen molar-refractivity contribution in [3.8, 4) is 5.69 Å². The summed E-state index contributed by atoms with van der Waals surface area (Å²) in [5, 5.41) is 4.40. The summed E-state index contributed by atoms with van der Waals surface area (Å²) in [7, 11) is 0. The maximum atomic E-state index is 13.2. The monoisotopic (exact) mass is 454 g/mol. The summed E-state index contributed by atoms with van der Waals surface area (Å²) in [4.78, 5) is 35.6. The average molecular weight is 454 g/mol. The summed E-state index contributed by atoms with van der Waals surface area (Å²) in [5.41, 5.74) is 7.07. The number of aryl methyl sites for hydroxylation is 1. The van der Waals surface area contributed by atoms with Crippen LogP contribution in [0.2, 0.25) is 0 Å². The van der Waals surface area contributed by atoms with Crippen molar-refractivity contribution in [2.45, 2.75) is 13.8 Å². The van der Waals surface area contributed by atoms with E-state index in [1.54, 1.807) is 30.7 Å². The highest BCUT2D eigenvalue weighted by atomic mass is 19.1. The molecule has 0 radical (unpaired) electrons. The van der Waals surface area contributed by atoms with E-state index in [9.17, 15) is 23.2 Å². The number of esters is 1. The molecule has 0 unspecified atom stereocenters. The Morgan fingerprint density at radius 3 is 2.21 bits per heavy atom. The van der Waals surface area contributed by atoms with Gasteiger partial charge in [-0.05, 0) is 68.5 Å². The Bertz CT molecular complexity index is 1200. The van der Waals surface area contributed by atoms with Gasteiger partial charge in [-0.15, -0.1) is 0 Å². The van der Waals surface area contributed by atoms with E-state index in [1.165, 1.54) is 30.3 Å². The zero-order valence-electron chi connectivity index (χ0n) is 17.8. The van der Waals surface area contributed by atoms with Gasteiger partial charge in [-0.25, -0.2) is 18.3 Å². The van der Waals surface area contributed by atoms with E-state index >= 15 is 0 Å². The molecule has 3 aromatic rings. The molecule has 2 N–H and O–H groups in total. The molecule has 2 amide bonds. The molecular formula is C23H20F2N4O4. The fraction of sp³-hybridized carbons (Fsp3) is 0.130. The number of hydrogen-bond donors (Lipinski definition) is 2. The number of hydrogen-bond acceptors (Lipinski definition) is 5. The lowest BCUT2D eigenvalue weighted by atomic mass is 10.2. The predicted octanol–water partition coefficient (Wildman–Crippen LogP) is 2.78. The fourth-order valence-corrected chi connectivity index (χ4v) is 2.90. The number of nitrogens with one attached hydrogen (secondary N) is 2. The normalized spacial score (nSPS) is 10.8. The molecule has 33 heavy (non-hydrogen) atoms. The molecule has 0 saturated heterocycles. The van der Waals surface area contributed by atoms with Crippen molar-refractivity contribution in [1.29, 1.82) is 0 Å². The molecule has 170 valence electrons. The first-order chi connectivity index (χ1) is 15.7.